The standard InChI is InChI=1S/C16H18N6/c1-10-5-12(6-11(2)21-10)7-17-15-14-16(19-8-18-15)22(9-20-14)13-3-4-13/h5-6,8-9,13H,3-4,7H2,1-2H3,(H,17,18,19). The van der Waals surface area contributed by atoms with Gasteiger partial charge in [0.15, 0.2) is 11.5 Å². The molecular formula is C16H18N6. The molecule has 1 aliphatic rings. The van der Waals surface area contributed by atoms with Crippen molar-refractivity contribution in [1.82, 2.24) is 24.5 Å². The van der Waals surface area contributed by atoms with Crippen LogP contribution >= 0.6 is 0 Å². The summed E-state index contributed by atoms with van der Waals surface area (Å²) < 4.78 is 2.16. The van der Waals surface area contributed by atoms with Crippen LogP contribution in [0.25, 0.3) is 11.2 Å². The van der Waals surface area contributed by atoms with Gasteiger partial charge in [0.25, 0.3) is 0 Å². The lowest BCUT2D eigenvalue weighted by Crippen LogP contribution is -2.04. The summed E-state index contributed by atoms with van der Waals surface area (Å²) in [5, 5.41) is 3.38. The Kier molecular flexibility index (Phi) is 3.03. The first-order valence-electron chi connectivity index (χ1n) is 7.56. The summed E-state index contributed by atoms with van der Waals surface area (Å²) in [4.78, 5) is 17.6. The number of hydrogen-bond donors (Lipinski definition) is 1. The fourth-order valence-corrected chi connectivity index (χ4v) is 2.81. The van der Waals surface area contributed by atoms with Crippen LogP contribution in [0.4, 0.5) is 5.82 Å². The Hall–Kier alpha value is -2.50. The number of hydrogen-bond acceptors (Lipinski definition) is 5. The van der Waals surface area contributed by atoms with Crippen molar-refractivity contribution in [2.24, 2.45) is 0 Å². The summed E-state index contributed by atoms with van der Waals surface area (Å²) in [7, 11) is 0. The predicted molar refractivity (Wildman–Crippen MR) is 84.6 cm³/mol. The molecule has 0 bridgehead atoms. The van der Waals surface area contributed by atoms with Crippen LogP contribution in [0.2, 0.25) is 0 Å². The van der Waals surface area contributed by atoms with Gasteiger partial charge in [-0.1, -0.05) is 0 Å². The number of fused-ring (bicyclic) bond motifs is 1. The molecule has 0 radical (unpaired) electrons. The molecule has 0 saturated heterocycles. The van der Waals surface area contributed by atoms with Crippen molar-refractivity contribution in [1.29, 1.82) is 0 Å². The van der Waals surface area contributed by atoms with Gasteiger partial charge in [-0.2, -0.15) is 0 Å². The molecular weight excluding hydrogens is 276 g/mol. The molecule has 0 aromatic carbocycles. The van der Waals surface area contributed by atoms with Gasteiger partial charge < -0.3 is 9.88 Å². The maximum Gasteiger partial charge on any atom is 0.165 e. The molecule has 3 aromatic heterocycles. The van der Waals surface area contributed by atoms with Crippen molar-refractivity contribution in [2.45, 2.75) is 39.3 Å². The Morgan fingerprint density at radius 2 is 1.91 bits per heavy atom. The summed E-state index contributed by atoms with van der Waals surface area (Å²) in [6.07, 6.45) is 5.92. The van der Waals surface area contributed by atoms with Gasteiger partial charge in [0.1, 0.15) is 11.8 Å². The highest BCUT2D eigenvalue weighted by molar-refractivity contribution is 5.82. The first kappa shape index (κ1) is 13.2. The molecule has 1 fully saturated rings. The molecule has 0 amide bonds. The van der Waals surface area contributed by atoms with Crippen molar-refractivity contribution < 1.29 is 0 Å². The fraction of sp³-hybridized carbons (Fsp3) is 0.375. The molecule has 22 heavy (non-hydrogen) atoms. The summed E-state index contributed by atoms with van der Waals surface area (Å²) >= 11 is 0. The number of anilines is 1. The van der Waals surface area contributed by atoms with Crippen LogP contribution in [0.1, 0.15) is 35.8 Å². The number of imidazole rings is 1. The van der Waals surface area contributed by atoms with Crippen molar-refractivity contribution >= 4 is 17.0 Å². The third-order valence-corrected chi connectivity index (χ3v) is 3.90. The van der Waals surface area contributed by atoms with Gasteiger partial charge in [0, 0.05) is 24.0 Å². The van der Waals surface area contributed by atoms with Gasteiger partial charge in [-0.15, -0.1) is 0 Å². The summed E-state index contributed by atoms with van der Waals surface area (Å²) in [6, 6.07) is 4.74. The SMILES string of the molecule is Cc1cc(CNc2ncnc3c2ncn3C2CC2)cc(C)n1. The van der Waals surface area contributed by atoms with E-state index in [0.29, 0.717) is 12.6 Å². The van der Waals surface area contributed by atoms with Crippen LogP contribution in [-0.4, -0.2) is 24.5 Å². The van der Waals surface area contributed by atoms with Gasteiger partial charge in [-0.25, -0.2) is 15.0 Å². The van der Waals surface area contributed by atoms with Gasteiger partial charge >= 0.3 is 0 Å². The minimum absolute atomic E-state index is 0.568. The monoisotopic (exact) mass is 294 g/mol. The van der Waals surface area contributed by atoms with Crippen molar-refractivity contribution in [3.63, 3.8) is 0 Å². The first-order chi connectivity index (χ1) is 10.7. The zero-order valence-corrected chi connectivity index (χ0v) is 12.7. The normalized spacial score (nSPS) is 14.5. The molecule has 0 spiro atoms. The zero-order chi connectivity index (χ0) is 15.1. The minimum Gasteiger partial charge on any atom is -0.364 e. The third-order valence-electron chi connectivity index (χ3n) is 3.90. The number of aryl methyl sites for hydroxylation is 2. The van der Waals surface area contributed by atoms with Gasteiger partial charge in [0.05, 0.1) is 6.33 Å². The van der Waals surface area contributed by atoms with E-state index < -0.39 is 0 Å². The van der Waals surface area contributed by atoms with Crippen LogP contribution in [0.5, 0.6) is 0 Å². The van der Waals surface area contributed by atoms with E-state index in [1.54, 1.807) is 6.33 Å². The third kappa shape index (κ3) is 2.41. The molecule has 3 aromatic rings. The summed E-state index contributed by atoms with van der Waals surface area (Å²) in [5.41, 5.74) is 5.02. The van der Waals surface area contributed by atoms with E-state index in [0.717, 1.165) is 28.4 Å². The van der Waals surface area contributed by atoms with E-state index in [9.17, 15) is 0 Å². The Morgan fingerprint density at radius 3 is 2.64 bits per heavy atom. The van der Waals surface area contributed by atoms with Gasteiger partial charge in [-0.3, -0.25) is 4.98 Å². The molecule has 6 nitrogen and oxygen atoms in total. The zero-order valence-electron chi connectivity index (χ0n) is 12.7. The molecule has 112 valence electrons. The minimum atomic E-state index is 0.568. The highest BCUT2D eigenvalue weighted by atomic mass is 15.2. The average molecular weight is 294 g/mol. The number of aromatic nitrogens is 5. The largest absolute Gasteiger partial charge is 0.364 e. The number of nitrogens with zero attached hydrogens (tertiary/aromatic N) is 5. The van der Waals surface area contributed by atoms with Crippen molar-refractivity contribution in [2.75, 3.05) is 5.32 Å². The van der Waals surface area contributed by atoms with E-state index in [1.807, 2.05) is 20.2 Å². The van der Waals surface area contributed by atoms with E-state index in [-0.39, 0.29) is 0 Å². The Balaban J connectivity index is 1.61. The molecule has 4 rings (SSSR count). The molecule has 1 aliphatic carbocycles. The van der Waals surface area contributed by atoms with E-state index >= 15 is 0 Å². The van der Waals surface area contributed by atoms with Crippen LogP contribution < -0.4 is 5.32 Å². The Morgan fingerprint density at radius 1 is 1.14 bits per heavy atom. The van der Waals surface area contributed by atoms with Crippen molar-refractivity contribution in [3.8, 4) is 0 Å². The van der Waals surface area contributed by atoms with Crippen molar-refractivity contribution in [3.05, 3.63) is 41.7 Å². The quantitative estimate of drug-likeness (QED) is 0.801. The van der Waals surface area contributed by atoms with Gasteiger partial charge in [-0.05, 0) is 44.4 Å². The van der Waals surface area contributed by atoms with E-state index in [2.05, 4.69) is 42.0 Å². The Labute approximate surface area is 128 Å². The molecule has 3 heterocycles. The molecule has 6 heteroatoms. The lowest BCUT2D eigenvalue weighted by molar-refractivity contribution is 0.756. The maximum absolute atomic E-state index is 4.49. The average Bonchev–Trinajstić information content (AvgIpc) is 3.23. The summed E-state index contributed by atoms with van der Waals surface area (Å²) in [6.45, 7) is 4.72. The topological polar surface area (TPSA) is 68.5 Å². The number of pyridine rings is 1. The van der Waals surface area contributed by atoms with E-state index in [4.69, 9.17) is 0 Å². The van der Waals surface area contributed by atoms with Crippen LogP contribution in [0.3, 0.4) is 0 Å². The first-order valence-corrected chi connectivity index (χ1v) is 7.56. The Bertz CT molecular complexity index is 814. The maximum atomic E-state index is 4.49. The fourth-order valence-electron chi connectivity index (χ4n) is 2.81. The van der Waals surface area contributed by atoms with Gasteiger partial charge in [0.2, 0.25) is 0 Å². The smallest absolute Gasteiger partial charge is 0.165 e. The number of nitrogens with one attached hydrogen (secondary N) is 1. The molecule has 0 unspecified atom stereocenters. The molecule has 1 saturated carbocycles. The lowest BCUT2D eigenvalue weighted by Gasteiger charge is -2.08. The second-order valence-corrected chi connectivity index (χ2v) is 5.89. The van der Waals surface area contributed by atoms with Crippen LogP contribution in [-0.2, 0) is 6.54 Å². The molecule has 1 N–H and O–H groups in total. The molecule has 0 atom stereocenters. The highest BCUT2D eigenvalue weighted by Gasteiger charge is 2.26. The van der Waals surface area contributed by atoms with E-state index in [1.165, 1.54) is 18.4 Å². The second kappa shape index (κ2) is 5.05. The predicted octanol–water partition coefficient (Wildman–Crippen LogP) is 2.79. The van der Waals surface area contributed by atoms with Crippen LogP contribution in [0.15, 0.2) is 24.8 Å². The lowest BCUT2D eigenvalue weighted by atomic mass is 10.2. The molecule has 0 aliphatic heterocycles. The summed E-state index contributed by atoms with van der Waals surface area (Å²) in [5.74, 6) is 0.788. The highest BCUT2D eigenvalue weighted by Crippen LogP contribution is 2.37. The van der Waals surface area contributed by atoms with Crippen LogP contribution in [0, 0.1) is 13.8 Å². The second-order valence-electron chi connectivity index (χ2n) is 5.89. The number of rotatable bonds is 4.